The van der Waals surface area contributed by atoms with Crippen LogP contribution in [0.3, 0.4) is 0 Å². The molecule has 218 valence electrons. The SMILES string of the molecule is BrCBr.Clc1ccc2c(c1)-c1nc3ccccc3n1CO2.O=CO[O-].Oc1ccc(Cl)cc1C1=Nc2ccccc2C1.[H-].[K+].[K+]. The monoisotopic (exact) mass is 811 g/mol. The van der Waals surface area contributed by atoms with Gasteiger partial charge in [-0.1, -0.05) is 85.4 Å². The summed E-state index contributed by atoms with van der Waals surface area (Å²) in [5, 5.41) is 19.6. The number of hydrogen-bond donors (Lipinski definition) is 1. The van der Waals surface area contributed by atoms with Gasteiger partial charge in [-0.05, 0) is 60.2 Å². The maximum absolute atomic E-state index is 9.83. The van der Waals surface area contributed by atoms with Crippen LogP contribution in [-0.2, 0) is 22.8 Å². The first-order valence-electron chi connectivity index (χ1n) is 12.3. The smallest absolute Gasteiger partial charge is 1.00 e. The molecule has 3 heterocycles. The van der Waals surface area contributed by atoms with E-state index in [2.05, 4.69) is 51.3 Å². The van der Waals surface area contributed by atoms with E-state index in [4.69, 9.17) is 38.0 Å². The molecule has 0 saturated heterocycles. The van der Waals surface area contributed by atoms with Crippen LogP contribution in [0.4, 0.5) is 5.69 Å². The molecule has 1 N–H and O–H groups in total. The van der Waals surface area contributed by atoms with Crippen molar-refractivity contribution in [3.63, 3.8) is 0 Å². The Morgan fingerprint density at radius 2 is 1.59 bits per heavy atom. The van der Waals surface area contributed by atoms with Gasteiger partial charge in [-0.2, -0.15) is 0 Å². The standard InChI is InChI=1S/C14H9ClN2O.C14H10ClNO.CH2Br2.CH2O3.2K.H/c15-9-5-6-13-10(7-9)14-16-11-3-1-2-4-12(11)17(14)8-18-13;15-10-5-6-14(17)11(8-10)13-7-9-3-1-2-4-12(9)16-13;2-1-3;2-1-4-3;;;/h1-7H,8H2;1-6,8,17H,7H2;1H2;1,3H;;;/q;;;;2*+1;-1/p-1. The Bertz CT molecular complexity index is 1750. The van der Waals surface area contributed by atoms with Gasteiger partial charge in [0.2, 0.25) is 0 Å². The zero-order valence-corrected chi connectivity index (χ0v) is 34.6. The predicted molar refractivity (Wildman–Crippen MR) is 171 cm³/mol. The van der Waals surface area contributed by atoms with Crippen molar-refractivity contribution in [3.05, 3.63) is 106 Å². The summed E-state index contributed by atoms with van der Waals surface area (Å²) >= 11 is 18.1. The second kappa shape index (κ2) is 20.3. The molecule has 0 amide bonds. The van der Waals surface area contributed by atoms with Crippen LogP contribution in [0.15, 0.2) is 89.9 Å². The van der Waals surface area contributed by atoms with Crippen molar-refractivity contribution < 1.29 is 129 Å². The molecule has 0 unspecified atom stereocenters. The van der Waals surface area contributed by atoms with E-state index in [1.807, 2.05) is 66.7 Å². The number of para-hydroxylation sites is 3. The fraction of sp³-hybridized carbons (Fsp3) is 0.100. The number of aromatic nitrogens is 2. The minimum absolute atomic E-state index is 0. The zero-order valence-electron chi connectivity index (χ0n) is 24.7. The van der Waals surface area contributed by atoms with Gasteiger partial charge in [0.25, 0.3) is 6.47 Å². The first-order valence-corrected chi connectivity index (χ1v) is 15.3. The summed E-state index contributed by atoms with van der Waals surface area (Å²) in [7, 11) is 0. The van der Waals surface area contributed by atoms with Crippen molar-refractivity contribution in [3.8, 4) is 22.9 Å². The Balaban J connectivity index is 0.000000355. The summed E-state index contributed by atoms with van der Waals surface area (Å²) in [6.07, 6.45) is 0.740. The van der Waals surface area contributed by atoms with E-state index < -0.39 is 0 Å². The van der Waals surface area contributed by atoms with E-state index in [0.29, 0.717) is 22.3 Å². The number of halogens is 4. The Kier molecular flexibility index (Phi) is 18.5. The Morgan fingerprint density at radius 3 is 2.27 bits per heavy atom. The first-order chi connectivity index (χ1) is 20.4. The third-order valence-electron chi connectivity index (χ3n) is 6.10. The normalized spacial score (nSPS) is 11.3. The van der Waals surface area contributed by atoms with Gasteiger partial charge in [0.15, 0.2) is 6.73 Å². The third-order valence-corrected chi connectivity index (χ3v) is 6.57. The number of hydrogen-bond acceptors (Lipinski definition) is 7. The van der Waals surface area contributed by atoms with Crippen molar-refractivity contribution >= 4 is 84.0 Å². The molecule has 2 aliphatic heterocycles. The molecule has 7 rings (SSSR count). The van der Waals surface area contributed by atoms with Gasteiger partial charge in [0.05, 0.1) is 32.2 Å². The molecule has 0 spiro atoms. The Labute approximate surface area is 367 Å². The molecule has 0 aliphatic carbocycles. The minimum atomic E-state index is -0.181. The fourth-order valence-electron chi connectivity index (χ4n) is 4.38. The molecule has 4 aromatic carbocycles. The number of nitrogens with zero attached hydrogens (tertiary/aromatic N) is 3. The van der Waals surface area contributed by atoms with Gasteiger partial charge in [0.1, 0.15) is 17.3 Å². The molecule has 2 aliphatic rings. The van der Waals surface area contributed by atoms with E-state index in [1.54, 1.807) is 18.2 Å². The van der Waals surface area contributed by atoms with Crippen LogP contribution in [0.25, 0.3) is 22.4 Å². The topological polar surface area (TPSA) is 109 Å². The van der Waals surface area contributed by atoms with Crippen molar-refractivity contribution in [1.29, 1.82) is 0 Å². The van der Waals surface area contributed by atoms with Gasteiger partial charge in [-0.25, -0.2) is 4.98 Å². The molecular formula is C30H23Br2Cl2K2N3O5. The van der Waals surface area contributed by atoms with Crippen LogP contribution >= 0.6 is 55.1 Å². The van der Waals surface area contributed by atoms with E-state index >= 15 is 0 Å². The van der Waals surface area contributed by atoms with Crippen LogP contribution in [-0.4, -0.2) is 31.1 Å². The van der Waals surface area contributed by atoms with Gasteiger partial charge in [0, 0.05) is 22.0 Å². The van der Waals surface area contributed by atoms with Gasteiger partial charge >= 0.3 is 103 Å². The molecule has 0 radical (unpaired) electrons. The number of aromatic hydroxyl groups is 1. The number of aliphatic imine (C=N–C) groups is 1. The largest absolute Gasteiger partial charge is 1.00 e. The number of phenols is 1. The summed E-state index contributed by atoms with van der Waals surface area (Å²) < 4.78 is 8.67. The summed E-state index contributed by atoms with van der Waals surface area (Å²) in [5.41, 5.74) is 6.75. The second-order valence-corrected chi connectivity index (χ2v) is 12.1. The van der Waals surface area contributed by atoms with E-state index in [1.165, 1.54) is 5.56 Å². The minimum Gasteiger partial charge on any atom is -1.00 e. The molecule has 0 bridgehead atoms. The predicted octanol–water partition coefficient (Wildman–Crippen LogP) is 1.72. The third kappa shape index (κ3) is 10.4. The molecule has 5 aromatic rings. The van der Waals surface area contributed by atoms with E-state index in [9.17, 15) is 5.11 Å². The number of phenolic OH excluding ortho intramolecular Hbond substituents is 1. The van der Waals surface area contributed by atoms with Gasteiger partial charge in [-0.15, -0.1) is 0 Å². The zero-order chi connectivity index (χ0) is 30.1. The number of rotatable bonds is 2. The number of carbonyl (C=O) groups excluding carboxylic acids is 1. The van der Waals surface area contributed by atoms with Crippen LogP contribution in [0.1, 0.15) is 12.6 Å². The molecule has 0 atom stereocenters. The van der Waals surface area contributed by atoms with Crippen LogP contribution in [0, 0.1) is 0 Å². The van der Waals surface area contributed by atoms with Crippen LogP contribution < -0.4 is 113 Å². The average molecular weight is 814 g/mol. The molecule has 8 nitrogen and oxygen atoms in total. The average Bonchev–Trinajstić information content (AvgIpc) is 3.61. The maximum atomic E-state index is 9.83. The summed E-state index contributed by atoms with van der Waals surface area (Å²) in [6.45, 7) is 0.310. The molecule has 1 aromatic heterocycles. The number of alkyl halides is 2. The summed E-state index contributed by atoms with van der Waals surface area (Å²) in [5.74, 6) is 1.98. The fourth-order valence-corrected chi connectivity index (χ4v) is 4.72. The van der Waals surface area contributed by atoms with Crippen LogP contribution in [0.5, 0.6) is 11.5 Å². The molecule has 14 heteroatoms. The molecular weight excluding hydrogens is 791 g/mol. The van der Waals surface area contributed by atoms with Crippen molar-refractivity contribution in [2.75, 3.05) is 4.24 Å². The number of carbonyl (C=O) groups is 1. The number of imidazole rings is 1. The molecule has 0 saturated carbocycles. The summed E-state index contributed by atoms with van der Waals surface area (Å²) in [4.78, 5) is 20.4. The number of ether oxygens (including phenoxy) is 1. The van der Waals surface area contributed by atoms with Crippen molar-refractivity contribution in [2.45, 2.75) is 13.2 Å². The van der Waals surface area contributed by atoms with E-state index in [-0.39, 0.29) is 116 Å². The maximum Gasteiger partial charge on any atom is 1.00 e. The number of fused-ring (bicyclic) bond motifs is 6. The number of benzene rings is 4. The molecule has 44 heavy (non-hydrogen) atoms. The quantitative estimate of drug-likeness (QED) is 0.0958. The van der Waals surface area contributed by atoms with Gasteiger partial charge < -0.3 is 21.4 Å². The first kappa shape index (κ1) is 40.0. The van der Waals surface area contributed by atoms with Crippen LogP contribution in [0.2, 0.25) is 10.0 Å². The van der Waals surface area contributed by atoms with Gasteiger partial charge in [-0.3, -0.25) is 14.4 Å². The summed E-state index contributed by atoms with van der Waals surface area (Å²) in [6, 6.07) is 26.7. The molecule has 0 fully saturated rings. The van der Waals surface area contributed by atoms with Crippen molar-refractivity contribution in [1.82, 2.24) is 9.55 Å². The Hall–Kier alpha value is -0.137. The second-order valence-electron chi connectivity index (χ2n) is 8.58. The van der Waals surface area contributed by atoms with Crippen molar-refractivity contribution in [2.24, 2.45) is 4.99 Å². The van der Waals surface area contributed by atoms with E-state index in [0.717, 1.165) is 50.2 Å². The Morgan fingerprint density at radius 1 is 0.977 bits per heavy atom.